The molecule has 1 aromatic rings. The second-order valence-electron chi connectivity index (χ2n) is 9.25. The smallest absolute Gasteiger partial charge is 0.329 e. The number of piperidine rings is 1. The van der Waals surface area contributed by atoms with Gasteiger partial charge in [-0.25, -0.2) is 14.8 Å². The lowest BCUT2D eigenvalue weighted by atomic mass is 9.88. The molecule has 2 heterocycles. The Morgan fingerprint density at radius 2 is 1.45 bits per heavy atom. The average molecular weight is 429 g/mol. The maximum atomic E-state index is 13.3. The minimum absolute atomic E-state index is 0.00882. The third-order valence-electron chi connectivity index (χ3n) is 7.15. The second kappa shape index (κ2) is 10.9. The van der Waals surface area contributed by atoms with Crippen LogP contribution in [0.1, 0.15) is 83.5 Å². The molecule has 0 spiro atoms. The molecule has 2 saturated carbocycles. The Hall–Kier alpha value is -2.18. The highest BCUT2D eigenvalue weighted by molar-refractivity contribution is 5.84. The molecule has 3 aliphatic rings. The van der Waals surface area contributed by atoms with Gasteiger partial charge >= 0.3 is 5.97 Å². The van der Waals surface area contributed by atoms with Crippen molar-refractivity contribution in [3.05, 3.63) is 18.5 Å². The number of nitrogens with zero attached hydrogens (tertiary/aromatic N) is 4. The van der Waals surface area contributed by atoms with Gasteiger partial charge in [0.2, 0.25) is 5.95 Å². The zero-order valence-corrected chi connectivity index (χ0v) is 18.6. The monoisotopic (exact) mass is 428 g/mol. The highest BCUT2D eigenvalue weighted by Crippen LogP contribution is 2.30. The van der Waals surface area contributed by atoms with E-state index in [0.29, 0.717) is 24.5 Å². The van der Waals surface area contributed by atoms with Crippen molar-refractivity contribution in [2.75, 3.05) is 18.1 Å². The topological polar surface area (TPSA) is 75.6 Å². The maximum Gasteiger partial charge on any atom is 0.329 e. The molecule has 1 saturated heterocycles. The van der Waals surface area contributed by atoms with Gasteiger partial charge in [0.25, 0.3) is 5.91 Å². The Balaban J connectivity index is 1.39. The summed E-state index contributed by atoms with van der Waals surface area (Å²) in [4.78, 5) is 38.9. The van der Waals surface area contributed by atoms with Crippen molar-refractivity contribution in [3.8, 4) is 0 Å². The zero-order chi connectivity index (χ0) is 21.5. The molecular weight excluding hydrogens is 392 g/mol. The molecule has 7 nitrogen and oxygen atoms in total. The average Bonchev–Trinajstić information content (AvgIpc) is 2.84. The van der Waals surface area contributed by atoms with Crippen molar-refractivity contribution in [3.63, 3.8) is 0 Å². The van der Waals surface area contributed by atoms with Crippen molar-refractivity contribution in [2.45, 2.75) is 102 Å². The van der Waals surface area contributed by atoms with E-state index in [0.717, 1.165) is 45.1 Å². The molecular formula is C24H36N4O3. The standard InChI is InChI=1S/C24H36N4O3/c29-22(28(19-10-3-1-4-11-19)20-12-5-2-6-13-20)18-31-23(30)21-14-7-8-17-27(21)24-25-15-9-16-26-24/h9,15-16,19-21H,1-8,10-14,17-18H2. The number of hydrogen-bond donors (Lipinski definition) is 0. The molecule has 3 fully saturated rings. The molecule has 1 amide bonds. The number of rotatable bonds is 6. The molecule has 2 aliphatic carbocycles. The number of hydrogen-bond acceptors (Lipinski definition) is 6. The molecule has 7 heteroatoms. The lowest BCUT2D eigenvalue weighted by Gasteiger charge is -2.41. The van der Waals surface area contributed by atoms with Crippen LogP contribution in [0.3, 0.4) is 0 Å². The van der Waals surface area contributed by atoms with Crippen LogP contribution in [0.25, 0.3) is 0 Å². The number of carbonyl (C=O) groups is 2. The Bertz CT molecular complexity index is 699. The van der Waals surface area contributed by atoms with Gasteiger partial charge in [0.1, 0.15) is 6.04 Å². The van der Waals surface area contributed by atoms with Crippen LogP contribution in [-0.4, -0.2) is 58.0 Å². The van der Waals surface area contributed by atoms with Crippen LogP contribution in [0.5, 0.6) is 0 Å². The Morgan fingerprint density at radius 3 is 2.06 bits per heavy atom. The third kappa shape index (κ3) is 5.55. The van der Waals surface area contributed by atoms with Gasteiger partial charge in [-0.1, -0.05) is 38.5 Å². The second-order valence-corrected chi connectivity index (χ2v) is 9.25. The summed E-state index contributed by atoms with van der Waals surface area (Å²) in [6.07, 6.45) is 17.7. The van der Waals surface area contributed by atoms with Crippen molar-refractivity contribution >= 4 is 17.8 Å². The molecule has 31 heavy (non-hydrogen) atoms. The van der Waals surface area contributed by atoms with Gasteiger partial charge in [0.05, 0.1) is 0 Å². The van der Waals surface area contributed by atoms with E-state index < -0.39 is 6.04 Å². The minimum atomic E-state index is -0.415. The maximum absolute atomic E-state index is 13.3. The molecule has 0 bridgehead atoms. The lowest BCUT2D eigenvalue weighted by Crippen LogP contribution is -2.51. The SMILES string of the molecule is O=C(OCC(=O)N(C1CCCCC1)C1CCCCC1)C1CCCCN1c1ncccn1. The van der Waals surface area contributed by atoms with Gasteiger partial charge in [-0.15, -0.1) is 0 Å². The molecule has 1 atom stereocenters. The first kappa shape index (κ1) is 22.0. The van der Waals surface area contributed by atoms with E-state index in [9.17, 15) is 9.59 Å². The minimum Gasteiger partial charge on any atom is -0.454 e. The van der Waals surface area contributed by atoms with Crippen LogP contribution < -0.4 is 4.90 Å². The van der Waals surface area contributed by atoms with Gasteiger partial charge in [-0.05, 0) is 51.0 Å². The summed E-state index contributed by atoms with van der Waals surface area (Å²) >= 11 is 0. The molecule has 0 aromatic carbocycles. The van der Waals surface area contributed by atoms with E-state index in [1.807, 2.05) is 4.90 Å². The van der Waals surface area contributed by atoms with E-state index in [1.165, 1.54) is 38.5 Å². The van der Waals surface area contributed by atoms with Crippen molar-refractivity contribution < 1.29 is 14.3 Å². The number of amides is 1. The van der Waals surface area contributed by atoms with E-state index in [4.69, 9.17) is 4.74 Å². The predicted molar refractivity (Wildman–Crippen MR) is 119 cm³/mol. The first-order valence-electron chi connectivity index (χ1n) is 12.3. The number of anilines is 1. The Kier molecular flexibility index (Phi) is 7.76. The highest BCUT2D eigenvalue weighted by Gasteiger charge is 2.35. The molecule has 0 radical (unpaired) electrons. The van der Waals surface area contributed by atoms with Crippen molar-refractivity contribution in [1.82, 2.24) is 14.9 Å². The predicted octanol–water partition coefficient (Wildman–Crippen LogP) is 3.87. The summed E-state index contributed by atoms with van der Waals surface area (Å²) in [7, 11) is 0. The van der Waals surface area contributed by atoms with Crippen LogP contribution in [0, 0.1) is 0 Å². The fraction of sp³-hybridized carbons (Fsp3) is 0.750. The molecule has 1 aliphatic heterocycles. The van der Waals surface area contributed by atoms with E-state index in [2.05, 4.69) is 14.9 Å². The van der Waals surface area contributed by atoms with Crippen LogP contribution in [-0.2, 0) is 14.3 Å². The summed E-state index contributed by atoms with van der Waals surface area (Å²) in [5.41, 5.74) is 0. The molecule has 1 unspecified atom stereocenters. The fourth-order valence-corrected chi connectivity index (χ4v) is 5.58. The first-order valence-corrected chi connectivity index (χ1v) is 12.3. The molecule has 0 N–H and O–H groups in total. The van der Waals surface area contributed by atoms with Crippen LogP contribution in [0.15, 0.2) is 18.5 Å². The Morgan fingerprint density at radius 1 is 0.871 bits per heavy atom. The Labute approximate surface area is 185 Å². The largest absolute Gasteiger partial charge is 0.454 e. The first-order chi connectivity index (χ1) is 15.2. The van der Waals surface area contributed by atoms with Crippen LogP contribution in [0.2, 0.25) is 0 Å². The van der Waals surface area contributed by atoms with Gasteiger partial charge < -0.3 is 14.5 Å². The van der Waals surface area contributed by atoms with E-state index in [1.54, 1.807) is 18.5 Å². The fourth-order valence-electron chi connectivity index (χ4n) is 5.58. The van der Waals surface area contributed by atoms with Crippen molar-refractivity contribution in [2.24, 2.45) is 0 Å². The van der Waals surface area contributed by atoms with Gasteiger partial charge in [-0.2, -0.15) is 0 Å². The van der Waals surface area contributed by atoms with E-state index in [-0.39, 0.29) is 18.5 Å². The lowest BCUT2D eigenvalue weighted by molar-refractivity contribution is -0.156. The summed E-state index contributed by atoms with van der Waals surface area (Å²) in [5.74, 6) is 0.222. The van der Waals surface area contributed by atoms with E-state index >= 15 is 0 Å². The van der Waals surface area contributed by atoms with Crippen molar-refractivity contribution in [1.29, 1.82) is 0 Å². The van der Waals surface area contributed by atoms with Gasteiger partial charge in [-0.3, -0.25) is 4.79 Å². The zero-order valence-electron chi connectivity index (χ0n) is 18.6. The molecule has 1 aromatic heterocycles. The summed E-state index contributed by atoms with van der Waals surface area (Å²) in [6.45, 7) is 0.583. The third-order valence-corrected chi connectivity index (χ3v) is 7.15. The normalized spacial score (nSPS) is 23.4. The van der Waals surface area contributed by atoms with Crippen LogP contribution >= 0.6 is 0 Å². The number of aromatic nitrogens is 2. The number of carbonyl (C=O) groups excluding carboxylic acids is 2. The quantitative estimate of drug-likeness (QED) is 0.640. The molecule has 4 rings (SSSR count). The summed E-state index contributed by atoms with van der Waals surface area (Å²) < 4.78 is 5.63. The number of esters is 1. The number of ether oxygens (including phenoxy) is 1. The highest BCUT2D eigenvalue weighted by atomic mass is 16.5. The van der Waals surface area contributed by atoms with Gasteiger partial charge in [0.15, 0.2) is 6.61 Å². The van der Waals surface area contributed by atoms with Crippen LogP contribution in [0.4, 0.5) is 5.95 Å². The molecule has 170 valence electrons. The summed E-state index contributed by atoms with van der Waals surface area (Å²) in [5, 5.41) is 0. The summed E-state index contributed by atoms with van der Waals surface area (Å²) in [6, 6.07) is 1.98. The van der Waals surface area contributed by atoms with Gasteiger partial charge in [0, 0.05) is 31.0 Å².